The quantitative estimate of drug-likeness (QED) is 0.715. The van der Waals surface area contributed by atoms with Crippen molar-refractivity contribution in [3.05, 3.63) is 23.8 Å². The predicted molar refractivity (Wildman–Crippen MR) is 62.2 cm³/mol. The van der Waals surface area contributed by atoms with Gasteiger partial charge in [0.15, 0.2) is 0 Å². The third-order valence-electron chi connectivity index (χ3n) is 2.44. The van der Waals surface area contributed by atoms with Crippen LogP contribution in [0.15, 0.2) is 18.2 Å². The number of ether oxygens (including phenoxy) is 1. The highest BCUT2D eigenvalue weighted by molar-refractivity contribution is 7.80. The fourth-order valence-electron chi connectivity index (χ4n) is 1.68. The van der Waals surface area contributed by atoms with E-state index in [9.17, 15) is 0 Å². The molecule has 0 bridgehead atoms. The van der Waals surface area contributed by atoms with Gasteiger partial charge in [-0.1, -0.05) is 12.2 Å². The SMILES string of the molecule is COc1ccc2c(c1)CCCC(=S)N2. The number of fused-ring (bicyclic) bond motifs is 1. The number of rotatable bonds is 1. The van der Waals surface area contributed by atoms with Crippen LogP contribution in [0.25, 0.3) is 0 Å². The van der Waals surface area contributed by atoms with Gasteiger partial charge in [0.1, 0.15) is 5.75 Å². The standard InChI is InChI=1S/C11H13NOS/c1-13-9-5-6-10-8(7-9)3-2-4-11(14)12-10/h5-7H,2-4H2,1H3,(H,12,14). The summed E-state index contributed by atoms with van der Waals surface area (Å²) in [6.45, 7) is 0. The lowest BCUT2D eigenvalue weighted by Crippen LogP contribution is -2.06. The van der Waals surface area contributed by atoms with E-state index in [1.807, 2.05) is 12.1 Å². The van der Waals surface area contributed by atoms with Gasteiger partial charge in [-0.3, -0.25) is 0 Å². The van der Waals surface area contributed by atoms with Gasteiger partial charge >= 0.3 is 0 Å². The van der Waals surface area contributed by atoms with Gasteiger partial charge in [0, 0.05) is 5.69 Å². The number of nitrogens with one attached hydrogen (secondary N) is 1. The minimum absolute atomic E-state index is 0.915. The van der Waals surface area contributed by atoms with Gasteiger partial charge in [-0.05, 0) is 43.0 Å². The van der Waals surface area contributed by atoms with Gasteiger partial charge < -0.3 is 10.1 Å². The Labute approximate surface area is 89.3 Å². The Morgan fingerprint density at radius 2 is 2.21 bits per heavy atom. The van der Waals surface area contributed by atoms with Crippen molar-refractivity contribution in [2.45, 2.75) is 19.3 Å². The molecule has 1 heterocycles. The molecule has 2 nitrogen and oxygen atoms in total. The number of aryl methyl sites for hydroxylation is 1. The second-order valence-corrected chi connectivity index (χ2v) is 3.92. The first-order valence-corrected chi connectivity index (χ1v) is 5.17. The molecule has 74 valence electrons. The largest absolute Gasteiger partial charge is 0.497 e. The van der Waals surface area contributed by atoms with Crippen molar-refractivity contribution >= 4 is 22.9 Å². The van der Waals surface area contributed by atoms with Crippen LogP contribution in [0, 0.1) is 0 Å². The molecular weight excluding hydrogens is 194 g/mol. The minimum Gasteiger partial charge on any atom is -0.497 e. The Hall–Kier alpha value is -1.09. The van der Waals surface area contributed by atoms with Crippen LogP contribution in [0.2, 0.25) is 0 Å². The van der Waals surface area contributed by atoms with Gasteiger partial charge in [0.2, 0.25) is 0 Å². The van der Waals surface area contributed by atoms with Crippen molar-refractivity contribution in [3.8, 4) is 5.75 Å². The molecule has 0 unspecified atom stereocenters. The van der Waals surface area contributed by atoms with E-state index in [0.717, 1.165) is 35.7 Å². The van der Waals surface area contributed by atoms with Gasteiger partial charge in [0.05, 0.1) is 12.1 Å². The summed E-state index contributed by atoms with van der Waals surface area (Å²) in [4.78, 5) is 0.939. The molecular formula is C11H13NOS. The smallest absolute Gasteiger partial charge is 0.119 e. The monoisotopic (exact) mass is 207 g/mol. The topological polar surface area (TPSA) is 21.3 Å². The number of methoxy groups -OCH3 is 1. The fourth-order valence-corrected chi connectivity index (χ4v) is 1.93. The normalized spacial score (nSPS) is 15.4. The molecule has 0 saturated heterocycles. The van der Waals surface area contributed by atoms with E-state index in [0.29, 0.717) is 0 Å². The van der Waals surface area contributed by atoms with Crippen molar-refractivity contribution in [2.24, 2.45) is 0 Å². The molecule has 0 aromatic heterocycles. The van der Waals surface area contributed by atoms with Gasteiger partial charge in [-0.15, -0.1) is 0 Å². The molecule has 0 amide bonds. The van der Waals surface area contributed by atoms with E-state index < -0.39 is 0 Å². The molecule has 0 radical (unpaired) electrons. The first-order valence-electron chi connectivity index (χ1n) is 4.76. The second kappa shape index (κ2) is 3.96. The maximum atomic E-state index is 5.19. The number of thiocarbonyl (C=S) groups is 1. The summed E-state index contributed by atoms with van der Waals surface area (Å²) in [5.74, 6) is 0.915. The molecule has 1 aliphatic heterocycles. The van der Waals surface area contributed by atoms with Gasteiger partial charge in [-0.2, -0.15) is 0 Å². The summed E-state index contributed by atoms with van der Waals surface area (Å²) in [7, 11) is 1.69. The number of hydrogen-bond acceptors (Lipinski definition) is 2. The summed E-state index contributed by atoms with van der Waals surface area (Å²) < 4.78 is 5.19. The fraction of sp³-hybridized carbons (Fsp3) is 0.364. The summed E-state index contributed by atoms with van der Waals surface area (Å²) in [6, 6.07) is 6.07. The molecule has 0 atom stereocenters. The number of benzene rings is 1. The summed E-state index contributed by atoms with van der Waals surface area (Å²) in [5.41, 5.74) is 2.43. The van der Waals surface area contributed by atoms with E-state index in [1.165, 1.54) is 5.56 Å². The lowest BCUT2D eigenvalue weighted by Gasteiger charge is -2.09. The van der Waals surface area contributed by atoms with Crippen molar-refractivity contribution < 1.29 is 4.74 Å². The zero-order valence-corrected chi connectivity index (χ0v) is 8.99. The van der Waals surface area contributed by atoms with Crippen LogP contribution < -0.4 is 10.1 Å². The van der Waals surface area contributed by atoms with Gasteiger partial charge in [0.25, 0.3) is 0 Å². The lowest BCUT2D eigenvalue weighted by molar-refractivity contribution is 0.414. The van der Waals surface area contributed by atoms with E-state index in [2.05, 4.69) is 11.4 Å². The molecule has 1 aromatic carbocycles. The van der Waals surface area contributed by atoms with Crippen LogP contribution >= 0.6 is 12.2 Å². The van der Waals surface area contributed by atoms with Gasteiger partial charge in [-0.25, -0.2) is 0 Å². The van der Waals surface area contributed by atoms with Crippen LogP contribution in [0.5, 0.6) is 5.75 Å². The van der Waals surface area contributed by atoms with Crippen molar-refractivity contribution in [2.75, 3.05) is 12.4 Å². The molecule has 0 aliphatic carbocycles. The molecule has 1 aromatic rings. The Kier molecular flexibility index (Phi) is 2.68. The number of anilines is 1. The zero-order chi connectivity index (χ0) is 9.97. The summed E-state index contributed by atoms with van der Waals surface area (Å²) in [5, 5.41) is 3.25. The maximum Gasteiger partial charge on any atom is 0.119 e. The third-order valence-corrected chi connectivity index (χ3v) is 2.74. The van der Waals surface area contributed by atoms with Crippen molar-refractivity contribution in [1.29, 1.82) is 0 Å². The maximum absolute atomic E-state index is 5.19. The third kappa shape index (κ3) is 1.87. The average molecular weight is 207 g/mol. The van der Waals surface area contributed by atoms with Crippen LogP contribution in [0.4, 0.5) is 5.69 Å². The Morgan fingerprint density at radius 1 is 1.36 bits per heavy atom. The Bertz CT molecular complexity index is 362. The Morgan fingerprint density at radius 3 is 3.00 bits per heavy atom. The van der Waals surface area contributed by atoms with E-state index in [4.69, 9.17) is 17.0 Å². The van der Waals surface area contributed by atoms with E-state index in [-0.39, 0.29) is 0 Å². The number of hydrogen-bond donors (Lipinski definition) is 1. The van der Waals surface area contributed by atoms with Crippen LogP contribution in [0.1, 0.15) is 18.4 Å². The highest BCUT2D eigenvalue weighted by atomic mass is 32.1. The van der Waals surface area contributed by atoms with Crippen LogP contribution in [-0.2, 0) is 6.42 Å². The minimum atomic E-state index is 0.915. The van der Waals surface area contributed by atoms with Crippen molar-refractivity contribution in [1.82, 2.24) is 0 Å². The molecule has 1 aliphatic rings. The highest BCUT2D eigenvalue weighted by Crippen LogP contribution is 2.26. The van der Waals surface area contributed by atoms with Crippen LogP contribution in [-0.4, -0.2) is 12.1 Å². The molecule has 0 fully saturated rings. The lowest BCUT2D eigenvalue weighted by atomic mass is 10.1. The summed E-state index contributed by atoms with van der Waals surface area (Å²) in [6.07, 6.45) is 3.16. The molecule has 3 heteroatoms. The molecule has 1 N–H and O–H groups in total. The molecule has 0 saturated carbocycles. The first kappa shape index (κ1) is 9.46. The van der Waals surface area contributed by atoms with E-state index >= 15 is 0 Å². The molecule has 0 spiro atoms. The Balaban J connectivity index is 2.35. The highest BCUT2D eigenvalue weighted by Gasteiger charge is 2.10. The predicted octanol–water partition coefficient (Wildman–Crippen LogP) is 2.77. The first-order chi connectivity index (χ1) is 6.79. The van der Waals surface area contributed by atoms with Crippen molar-refractivity contribution in [3.63, 3.8) is 0 Å². The average Bonchev–Trinajstić information content (AvgIpc) is 2.37. The summed E-state index contributed by atoms with van der Waals surface area (Å²) >= 11 is 5.19. The molecule has 2 rings (SSSR count). The van der Waals surface area contributed by atoms with E-state index in [1.54, 1.807) is 7.11 Å². The molecule has 14 heavy (non-hydrogen) atoms. The second-order valence-electron chi connectivity index (χ2n) is 3.42. The van der Waals surface area contributed by atoms with Crippen LogP contribution in [0.3, 0.4) is 0 Å². The zero-order valence-electron chi connectivity index (χ0n) is 8.17.